The van der Waals surface area contributed by atoms with E-state index in [1.54, 1.807) is 6.92 Å². The second-order valence-electron chi connectivity index (χ2n) is 6.47. The van der Waals surface area contributed by atoms with Crippen LogP contribution in [0.1, 0.15) is 40.5 Å². The van der Waals surface area contributed by atoms with E-state index < -0.39 is 41.9 Å². The van der Waals surface area contributed by atoms with Crippen LogP contribution in [-0.4, -0.2) is 65.1 Å². The van der Waals surface area contributed by atoms with Crippen molar-refractivity contribution in [2.75, 3.05) is 6.54 Å². The fourth-order valence-corrected chi connectivity index (χ4v) is 2.70. The van der Waals surface area contributed by atoms with E-state index in [0.717, 1.165) is 0 Å². The Bertz CT molecular complexity index is 594. The van der Waals surface area contributed by atoms with Crippen LogP contribution in [0.4, 0.5) is 0 Å². The van der Waals surface area contributed by atoms with Gasteiger partial charge in [0.25, 0.3) is 0 Å². The largest absolute Gasteiger partial charge is 0.368 e. The maximum atomic E-state index is 12.5. The minimum absolute atomic E-state index is 0.333. The van der Waals surface area contributed by atoms with E-state index in [0.29, 0.717) is 19.4 Å². The van der Waals surface area contributed by atoms with Crippen LogP contribution in [0.5, 0.6) is 0 Å². The Balaban J connectivity index is 2.67. The summed E-state index contributed by atoms with van der Waals surface area (Å²) in [5.41, 5.74) is 5.08. The van der Waals surface area contributed by atoms with Gasteiger partial charge in [-0.25, -0.2) is 0 Å². The molecule has 1 aliphatic heterocycles. The van der Waals surface area contributed by atoms with Crippen LogP contribution >= 0.6 is 0 Å². The minimum Gasteiger partial charge on any atom is -0.368 e. The highest BCUT2D eigenvalue weighted by Crippen LogP contribution is 2.18. The Labute approximate surface area is 152 Å². The van der Waals surface area contributed by atoms with Crippen molar-refractivity contribution in [1.82, 2.24) is 20.9 Å². The van der Waals surface area contributed by atoms with Gasteiger partial charge in [0.15, 0.2) is 0 Å². The second-order valence-corrected chi connectivity index (χ2v) is 6.47. The molecule has 146 valence electrons. The Morgan fingerprint density at radius 2 is 1.58 bits per heavy atom. The van der Waals surface area contributed by atoms with Crippen LogP contribution in [-0.2, 0) is 24.0 Å². The first-order valence-corrected chi connectivity index (χ1v) is 8.52. The Kier molecular flexibility index (Phi) is 7.54. The van der Waals surface area contributed by atoms with Gasteiger partial charge in [0.05, 0.1) is 0 Å². The third-order valence-corrected chi connectivity index (χ3v) is 4.17. The fraction of sp³-hybridized carbons (Fsp3) is 0.688. The lowest BCUT2D eigenvalue weighted by molar-refractivity contribution is -0.141. The average Bonchev–Trinajstić information content (AvgIpc) is 3.02. The van der Waals surface area contributed by atoms with Gasteiger partial charge in [-0.05, 0) is 33.6 Å². The van der Waals surface area contributed by atoms with Crippen molar-refractivity contribution in [2.45, 2.75) is 64.7 Å². The molecule has 26 heavy (non-hydrogen) atoms. The Morgan fingerprint density at radius 1 is 0.962 bits per heavy atom. The van der Waals surface area contributed by atoms with Crippen LogP contribution in [0.2, 0.25) is 0 Å². The lowest BCUT2D eigenvalue weighted by Crippen LogP contribution is -2.56. The first kappa shape index (κ1) is 21.4. The smallest absolute Gasteiger partial charge is 0.245 e. The maximum absolute atomic E-state index is 12.5. The molecule has 1 heterocycles. The van der Waals surface area contributed by atoms with E-state index in [4.69, 9.17) is 5.73 Å². The van der Waals surface area contributed by atoms with Crippen molar-refractivity contribution < 1.29 is 24.0 Å². The summed E-state index contributed by atoms with van der Waals surface area (Å²) in [7, 11) is 0. The zero-order chi connectivity index (χ0) is 20.0. The van der Waals surface area contributed by atoms with Crippen LogP contribution < -0.4 is 21.7 Å². The molecule has 1 fully saturated rings. The molecule has 5 N–H and O–H groups in total. The number of nitrogens with zero attached hydrogens (tertiary/aromatic N) is 1. The number of primary amides is 1. The number of carbonyl (C=O) groups is 5. The Morgan fingerprint density at radius 3 is 2.12 bits per heavy atom. The van der Waals surface area contributed by atoms with Gasteiger partial charge in [0.1, 0.15) is 24.2 Å². The van der Waals surface area contributed by atoms with E-state index in [9.17, 15) is 24.0 Å². The summed E-state index contributed by atoms with van der Waals surface area (Å²) in [6.07, 6.45) is 1.12. The van der Waals surface area contributed by atoms with Crippen molar-refractivity contribution in [1.29, 1.82) is 0 Å². The molecule has 4 atom stereocenters. The predicted molar refractivity (Wildman–Crippen MR) is 92.4 cm³/mol. The van der Waals surface area contributed by atoms with Crippen molar-refractivity contribution in [3.63, 3.8) is 0 Å². The highest BCUT2D eigenvalue weighted by Gasteiger charge is 2.37. The summed E-state index contributed by atoms with van der Waals surface area (Å²) in [5, 5.41) is 7.44. The zero-order valence-electron chi connectivity index (χ0n) is 15.5. The molecule has 0 bridgehead atoms. The lowest BCUT2D eigenvalue weighted by Gasteiger charge is -2.28. The number of nitrogens with two attached hydrogens (primary N) is 1. The van der Waals surface area contributed by atoms with Crippen molar-refractivity contribution >= 4 is 29.5 Å². The lowest BCUT2D eigenvalue weighted by atomic mass is 10.1. The maximum Gasteiger partial charge on any atom is 0.245 e. The molecule has 10 heteroatoms. The van der Waals surface area contributed by atoms with Gasteiger partial charge >= 0.3 is 0 Å². The number of carbonyl (C=O) groups excluding carboxylic acids is 5. The summed E-state index contributed by atoms with van der Waals surface area (Å²) in [6, 6.07) is -3.19. The van der Waals surface area contributed by atoms with E-state index in [1.165, 1.54) is 25.7 Å². The van der Waals surface area contributed by atoms with E-state index in [-0.39, 0.29) is 11.8 Å². The van der Waals surface area contributed by atoms with Crippen molar-refractivity contribution in [2.24, 2.45) is 5.73 Å². The minimum atomic E-state index is -0.894. The van der Waals surface area contributed by atoms with Crippen LogP contribution in [0.25, 0.3) is 0 Å². The van der Waals surface area contributed by atoms with Crippen LogP contribution in [0, 0.1) is 0 Å². The van der Waals surface area contributed by atoms with Gasteiger partial charge in [-0.15, -0.1) is 0 Å². The number of hydrogen-bond acceptors (Lipinski definition) is 5. The number of rotatable bonds is 7. The first-order valence-electron chi connectivity index (χ1n) is 8.52. The Hall–Kier alpha value is -2.65. The van der Waals surface area contributed by atoms with Gasteiger partial charge in [-0.1, -0.05) is 0 Å². The molecule has 1 saturated heterocycles. The highest BCUT2D eigenvalue weighted by molar-refractivity contribution is 5.95. The zero-order valence-corrected chi connectivity index (χ0v) is 15.5. The first-order chi connectivity index (χ1) is 12.0. The summed E-state index contributed by atoms with van der Waals surface area (Å²) < 4.78 is 0. The van der Waals surface area contributed by atoms with E-state index in [1.807, 2.05) is 0 Å². The standard InChI is InChI=1S/C16H27N5O5/c1-8(13(17)23)19-14(24)9(2)20-15(25)12-6-5-7-21(12)16(26)10(3)18-11(4)22/h8-10,12H,5-7H2,1-4H3,(H2,17,23)(H,18,22)(H,19,24)(H,20,25)/t8-,9-,10+,12-/m0/s1. The highest BCUT2D eigenvalue weighted by atomic mass is 16.2. The quantitative estimate of drug-likeness (QED) is 0.409. The number of nitrogens with one attached hydrogen (secondary N) is 3. The molecule has 0 spiro atoms. The SMILES string of the molecule is CC(=O)N[C@H](C)C(=O)N1CCC[C@H]1C(=O)N[C@@H](C)C(=O)N[C@@H](C)C(N)=O. The van der Waals surface area contributed by atoms with Crippen molar-refractivity contribution in [3.8, 4) is 0 Å². The molecule has 0 aliphatic carbocycles. The molecule has 1 rings (SSSR count). The molecule has 5 amide bonds. The molecular weight excluding hydrogens is 342 g/mol. The molecule has 10 nitrogen and oxygen atoms in total. The fourth-order valence-electron chi connectivity index (χ4n) is 2.70. The van der Waals surface area contributed by atoms with Gasteiger partial charge in [0, 0.05) is 13.5 Å². The average molecular weight is 369 g/mol. The molecule has 0 aromatic carbocycles. The third-order valence-electron chi connectivity index (χ3n) is 4.17. The summed E-state index contributed by atoms with van der Waals surface area (Å²) >= 11 is 0. The van der Waals surface area contributed by atoms with Gasteiger partial charge in [-0.3, -0.25) is 24.0 Å². The van der Waals surface area contributed by atoms with Crippen LogP contribution in [0.15, 0.2) is 0 Å². The van der Waals surface area contributed by atoms with Crippen molar-refractivity contribution in [3.05, 3.63) is 0 Å². The van der Waals surface area contributed by atoms with Gasteiger partial charge in [0.2, 0.25) is 29.5 Å². The van der Waals surface area contributed by atoms with E-state index >= 15 is 0 Å². The van der Waals surface area contributed by atoms with Gasteiger partial charge in [-0.2, -0.15) is 0 Å². The summed E-state index contributed by atoms with van der Waals surface area (Å²) in [4.78, 5) is 60.4. The normalized spacial score (nSPS) is 19.8. The van der Waals surface area contributed by atoms with Gasteiger partial charge < -0.3 is 26.6 Å². The second kappa shape index (κ2) is 9.16. The predicted octanol–water partition coefficient (Wildman–Crippen LogP) is -2.00. The number of likely N-dealkylation sites (tertiary alicyclic amines) is 1. The molecule has 0 unspecified atom stereocenters. The van der Waals surface area contributed by atoms with E-state index in [2.05, 4.69) is 16.0 Å². The molecule has 0 aromatic rings. The van der Waals surface area contributed by atoms with Crippen LogP contribution in [0.3, 0.4) is 0 Å². The monoisotopic (exact) mass is 369 g/mol. The molecule has 0 aromatic heterocycles. The third kappa shape index (κ3) is 5.71. The molecule has 1 aliphatic rings. The number of amides is 5. The summed E-state index contributed by atoms with van der Waals surface area (Å²) in [5.74, 6) is -2.37. The number of hydrogen-bond donors (Lipinski definition) is 4. The summed E-state index contributed by atoms with van der Waals surface area (Å²) in [6.45, 7) is 6.18. The molecular formula is C16H27N5O5. The molecule has 0 radical (unpaired) electrons. The topological polar surface area (TPSA) is 151 Å². The molecule has 0 saturated carbocycles.